The number of carbonyl (C=O) groups is 1. The van der Waals surface area contributed by atoms with E-state index in [1.54, 1.807) is 36.4 Å². The van der Waals surface area contributed by atoms with Crippen molar-refractivity contribution in [2.24, 2.45) is 0 Å². The minimum Gasteiger partial charge on any atom is -0.481 e. The molecule has 6 aromatic rings. The summed E-state index contributed by atoms with van der Waals surface area (Å²) in [4.78, 5) is 11.0. The van der Waals surface area contributed by atoms with Gasteiger partial charge in [0.15, 0.2) is 9.84 Å². The first-order valence-corrected chi connectivity index (χ1v) is 22.7. The molecule has 0 radical (unpaired) electrons. The van der Waals surface area contributed by atoms with Gasteiger partial charge in [-0.3, -0.25) is 4.79 Å². The molecule has 310 valence electrons. The van der Waals surface area contributed by atoms with Crippen molar-refractivity contribution in [3.63, 3.8) is 0 Å². The van der Waals surface area contributed by atoms with Crippen LogP contribution in [0.3, 0.4) is 0 Å². The second-order valence-corrected chi connectivity index (χ2v) is 19.0. The minimum absolute atomic E-state index is 0.0386. The highest BCUT2D eigenvalue weighted by Crippen LogP contribution is 2.39. The van der Waals surface area contributed by atoms with Crippen LogP contribution in [0.5, 0.6) is 0 Å². The van der Waals surface area contributed by atoms with Gasteiger partial charge in [-0.25, -0.2) is 21.6 Å². The van der Waals surface area contributed by atoms with Crippen LogP contribution in [-0.2, 0) is 50.1 Å². The minimum atomic E-state index is -4.76. The Labute approximate surface area is 347 Å². The maximum atomic E-state index is 13.9. The van der Waals surface area contributed by atoms with E-state index in [1.165, 1.54) is 19.1 Å². The molecule has 0 spiro atoms. The highest BCUT2D eigenvalue weighted by atomic mass is 35.5. The SMILES string of the molecule is CC(c1ccccc1C(F)(F)F)S(=O)(=O)NCCc1c(CCS(=O)(=O)c2ccc(CCCCC(=O)O)cc2)c2cc(Cl)ccc2n1C(c1ccccc1)c1ccccc1. The highest BCUT2D eigenvalue weighted by molar-refractivity contribution is 7.91. The zero-order valence-electron chi connectivity index (χ0n) is 32.2. The van der Waals surface area contributed by atoms with Crippen LogP contribution < -0.4 is 4.72 Å². The summed E-state index contributed by atoms with van der Waals surface area (Å²) in [5.74, 6) is -1.15. The van der Waals surface area contributed by atoms with E-state index < -0.39 is 48.9 Å². The predicted molar refractivity (Wildman–Crippen MR) is 225 cm³/mol. The number of hydrogen-bond acceptors (Lipinski definition) is 5. The number of carboxylic acid groups (broad SMARTS) is 1. The number of benzene rings is 5. The molecule has 1 aromatic heterocycles. The maximum absolute atomic E-state index is 13.9. The molecule has 6 rings (SSSR count). The number of rotatable bonds is 18. The zero-order chi connectivity index (χ0) is 42.4. The molecule has 0 amide bonds. The van der Waals surface area contributed by atoms with E-state index in [-0.39, 0.29) is 42.0 Å². The van der Waals surface area contributed by atoms with Crippen molar-refractivity contribution in [1.82, 2.24) is 9.29 Å². The largest absolute Gasteiger partial charge is 0.481 e. The Morgan fingerprint density at radius 1 is 0.780 bits per heavy atom. The van der Waals surface area contributed by atoms with Gasteiger partial charge in [0.25, 0.3) is 0 Å². The second-order valence-electron chi connectivity index (χ2n) is 14.4. The third kappa shape index (κ3) is 10.4. The molecular formula is C45H44ClF3N2O6S2. The quantitative estimate of drug-likeness (QED) is 0.0830. The number of hydrogen-bond donors (Lipinski definition) is 2. The van der Waals surface area contributed by atoms with Crippen LogP contribution in [0.1, 0.15) is 76.6 Å². The number of sulfone groups is 1. The molecule has 1 atom stereocenters. The molecule has 0 aliphatic rings. The van der Waals surface area contributed by atoms with E-state index in [2.05, 4.69) is 9.29 Å². The number of carboxylic acids is 1. The van der Waals surface area contributed by atoms with Crippen LogP contribution in [0.25, 0.3) is 10.9 Å². The summed E-state index contributed by atoms with van der Waals surface area (Å²) in [5, 5.41) is 8.49. The van der Waals surface area contributed by atoms with Gasteiger partial charge < -0.3 is 9.67 Å². The summed E-state index contributed by atoms with van der Waals surface area (Å²) in [7, 11) is -8.19. The number of fused-ring (bicyclic) bond motifs is 1. The first kappa shape index (κ1) is 43.6. The molecule has 0 aliphatic carbocycles. The van der Waals surface area contributed by atoms with E-state index in [1.807, 2.05) is 66.7 Å². The summed E-state index contributed by atoms with van der Waals surface area (Å²) >= 11 is 6.60. The van der Waals surface area contributed by atoms with Crippen molar-refractivity contribution in [2.75, 3.05) is 12.3 Å². The molecule has 0 saturated carbocycles. The molecule has 0 aliphatic heterocycles. The van der Waals surface area contributed by atoms with Gasteiger partial charge in [-0.1, -0.05) is 103 Å². The fourth-order valence-electron chi connectivity index (χ4n) is 7.55. The third-order valence-electron chi connectivity index (χ3n) is 10.5. The highest BCUT2D eigenvalue weighted by Gasteiger charge is 2.37. The lowest BCUT2D eigenvalue weighted by Gasteiger charge is -2.25. The normalized spacial score (nSPS) is 12.9. The summed E-state index contributed by atoms with van der Waals surface area (Å²) in [6, 6.07) is 35.4. The van der Waals surface area contributed by atoms with Crippen LogP contribution in [-0.4, -0.2) is 44.8 Å². The number of aliphatic carboxylic acids is 1. The summed E-state index contributed by atoms with van der Waals surface area (Å²) in [6.45, 7) is 1.02. The Morgan fingerprint density at radius 2 is 1.39 bits per heavy atom. The zero-order valence-corrected chi connectivity index (χ0v) is 34.6. The van der Waals surface area contributed by atoms with Gasteiger partial charge in [0.2, 0.25) is 10.0 Å². The molecule has 59 heavy (non-hydrogen) atoms. The Hall–Kier alpha value is -4.95. The fourth-order valence-corrected chi connectivity index (χ4v) is 10.2. The first-order chi connectivity index (χ1) is 28.1. The van der Waals surface area contributed by atoms with Gasteiger partial charge in [-0.15, -0.1) is 0 Å². The number of unbranched alkanes of at least 4 members (excludes halogenated alkanes) is 1. The number of nitrogens with zero attached hydrogens (tertiary/aromatic N) is 1. The van der Waals surface area contributed by atoms with Crippen LogP contribution in [0.2, 0.25) is 5.02 Å². The lowest BCUT2D eigenvalue weighted by Crippen LogP contribution is -2.31. The van der Waals surface area contributed by atoms with E-state index in [0.29, 0.717) is 40.9 Å². The molecule has 1 unspecified atom stereocenters. The van der Waals surface area contributed by atoms with Crippen molar-refractivity contribution in [3.8, 4) is 0 Å². The van der Waals surface area contributed by atoms with E-state index in [4.69, 9.17) is 16.7 Å². The van der Waals surface area contributed by atoms with Crippen LogP contribution in [0.15, 0.2) is 132 Å². The van der Waals surface area contributed by atoms with Crippen molar-refractivity contribution in [1.29, 1.82) is 0 Å². The van der Waals surface area contributed by atoms with Gasteiger partial charge in [0, 0.05) is 41.0 Å². The average Bonchev–Trinajstić information content (AvgIpc) is 3.50. The second kappa shape index (κ2) is 18.5. The van der Waals surface area contributed by atoms with Crippen molar-refractivity contribution < 1.29 is 39.9 Å². The lowest BCUT2D eigenvalue weighted by molar-refractivity contribution is -0.138. The Kier molecular flexibility index (Phi) is 13.7. The van der Waals surface area contributed by atoms with Gasteiger partial charge >= 0.3 is 12.1 Å². The molecular weight excluding hydrogens is 821 g/mol. The molecule has 14 heteroatoms. The molecule has 0 saturated heterocycles. The predicted octanol–water partition coefficient (Wildman–Crippen LogP) is 9.99. The Balaban J connectivity index is 1.39. The van der Waals surface area contributed by atoms with Crippen LogP contribution >= 0.6 is 11.6 Å². The molecule has 8 nitrogen and oxygen atoms in total. The number of halogens is 4. The third-order valence-corrected chi connectivity index (χ3v) is 14.3. The number of sulfonamides is 1. The maximum Gasteiger partial charge on any atom is 0.416 e. The Bertz CT molecular complexity index is 2580. The van der Waals surface area contributed by atoms with Gasteiger partial charge in [0.1, 0.15) is 0 Å². The van der Waals surface area contributed by atoms with E-state index >= 15 is 0 Å². The first-order valence-electron chi connectivity index (χ1n) is 19.2. The number of alkyl halides is 3. The number of aromatic nitrogens is 1. The number of aryl methyl sites for hydroxylation is 2. The monoisotopic (exact) mass is 864 g/mol. The van der Waals surface area contributed by atoms with E-state index in [9.17, 15) is 34.8 Å². The summed E-state index contributed by atoms with van der Waals surface area (Å²) in [5.41, 5.74) is 3.32. The molecule has 0 fully saturated rings. The van der Waals surface area contributed by atoms with Gasteiger partial charge in [-0.05, 0) is 96.8 Å². The molecule has 2 N–H and O–H groups in total. The molecule has 0 bridgehead atoms. The molecule has 5 aromatic carbocycles. The van der Waals surface area contributed by atoms with Crippen molar-refractivity contribution >= 4 is 48.3 Å². The number of nitrogens with one attached hydrogen (secondary N) is 1. The summed E-state index contributed by atoms with van der Waals surface area (Å²) < 4.78 is 102. The van der Waals surface area contributed by atoms with Crippen molar-refractivity contribution in [2.45, 2.75) is 67.8 Å². The summed E-state index contributed by atoms with van der Waals surface area (Å²) in [6.07, 6.45) is -2.83. The van der Waals surface area contributed by atoms with Gasteiger partial charge in [0.05, 0.1) is 27.5 Å². The van der Waals surface area contributed by atoms with E-state index in [0.717, 1.165) is 34.3 Å². The smallest absolute Gasteiger partial charge is 0.416 e. The topological polar surface area (TPSA) is 123 Å². The standard InChI is InChI=1S/C45H44ClF3N2O6S2/c1-31(37-17-9-10-18-40(37)45(47,48)49)59(56,57)50-28-26-42-38(27-29-58(54,55)36-23-20-32(21-24-36)12-8-11-19-43(52)53)39-30-35(46)22-25-41(39)51(42)44(33-13-4-2-5-14-33)34-15-6-3-7-16-34/h2-7,9-10,13-18,20-25,30-31,44,50H,8,11-12,19,26-29H2,1H3,(H,52,53). The van der Waals surface area contributed by atoms with Gasteiger partial charge in [-0.2, -0.15) is 13.2 Å². The fraction of sp³-hybridized carbons (Fsp3) is 0.267. The lowest BCUT2D eigenvalue weighted by atomic mass is 9.97. The van der Waals surface area contributed by atoms with Crippen LogP contribution in [0, 0.1) is 0 Å². The van der Waals surface area contributed by atoms with Crippen LogP contribution in [0.4, 0.5) is 13.2 Å². The van der Waals surface area contributed by atoms with Crippen molar-refractivity contribution in [3.05, 3.63) is 171 Å². The Morgan fingerprint density at radius 3 is 2.00 bits per heavy atom. The average molecular weight is 865 g/mol. The molecule has 1 heterocycles.